The smallest absolute Gasteiger partial charge is 0.228 e. The van der Waals surface area contributed by atoms with Crippen LogP contribution in [0.1, 0.15) is 5.56 Å². The van der Waals surface area contributed by atoms with Crippen LogP contribution in [-0.2, 0) is 16.0 Å². The van der Waals surface area contributed by atoms with Gasteiger partial charge in [-0.15, -0.1) is 11.8 Å². The number of hydrogen-bond donors (Lipinski definition) is 2. The molecule has 0 atom stereocenters. The van der Waals surface area contributed by atoms with Gasteiger partial charge in [-0.3, -0.25) is 9.59 Å². The number of carbonyl (C=O) groups is 2. The van der Waals surface area contributed by atoms with Crippen molar-refractivity contribution in [3.8, 4) is 0 Å². The maximum absolute atomic E-state index is 12.7. The first kappa shape index (κ1) is 18.1. The zero-order chi connectivity index (χ0) is 19.5. The van der Waals surface area contributed by atoms with E-state index in [-0.39, 0.29) is 18.1 Å². The Labute approximate surface area is 165 Å². The van der Waals surface area contributed by atoms with Crippen LogP contribution in [0.25, 0.3) is 21.7 Å². The van der Waals surface area contributed by atoms with Crippen molar-refractivity contribution >= 4 is 51.0 Å². The molecule has 0 fully saturated rings. The molecule has 5 nitrogen and oxygen atoms in total. The van der Waals surface area contributed by atoms with Gasteiger partial charge in [-0.1, -0.05) is 42.5 Å². The highest BCUT2D eigenvalue weighted by atomic mass is 32.2. The lowest BCUT2D eigenvalue weighted by Crippen LogP contribution is -2.16. The van der Waals surface area contributed by atoms with Gasteiger partial charge in [0.2, 0.25) is 11.8 Å². The second-order valence-corrected chi connectivity index (χ2v) is 7.41. The molecule has 4 aromatic rings. The van der Waals surface area contributed by atoms with E-state index in [2.05, 4.69) is 5.32 Å². The Kier molecular flexibility index (Phi) is 5.04. The van der Waals surface area contributed by atoms with Crippen LogP contribution in [0.2, 0.25) is 0 Å². The van der Waals surface area contributed by atoms with Crippen LogP contribution in [0.15, 0.2) is 76.2 Å². The summed E-state index contributed by atoms with van der Waals surface area (Å²) in [7, 11) is 0. The minimum Gasteiger partial charge on any atom is -0.464 e. The maximum atomic E-state index is 12.7. The molecule has 6 heteroatoms. The molecule has 3 N–H and O–H groups in total. The zero-order valence-corrected chi connectivity index (χ0v) is 15.8. The third-order valence-corrected chi connectivity index (χ3v) is 5.52. The summed E-state index contributed by atoms with van der Waals surface area (Å²) in [5.41, 5.74) is 7.49. The van der Waals surface area contributed by atoms with Gasteiger partial charge < -0.3 is 15.5 Å². The monoisotopic (exact) mass is 390 g/mol. The molecule has 3 aromatic carbocycles. The topological polar surface area (TPSA) is 85.3 Å². The number of furan rings is 1. The van der Waals surface area contributed by atoms with E-state index >= 15 is 0 Å². The third-order valence-electron chi connectivity index (χ3n) is 4.42. The largest absolute Gasteiger partial charge is 0.464 e. The van der Waals surface area contributed by atoms with Crippen LogP contribution in [0.5, 0.6) is 0 Å². The van der Waals surface area contributed by atoms with Crippen molar-refractivity contribution in [3.05, 3.63) is 72.5 Å². The van der Waals surface area contributed by atoms with E-state index in [1.54, 1.807) is 6.26 Å². The first-order chi connectivity index (χ1) is 13.6. The standard InChI is InChI=1S/C22H18N2O3S/c23-20(25)13-28-19-8-4-3-7-17(19)24-21(26)11-15-12-27-18-10-9-14-5-1-2-6-16(14)22(15)18/h1-10,12H,11,13H2,(H2,23,25)(H,24,26). The SMILES string of the molecule is NC(=O)CSc1ccccc1NC(=O)Cc1coc2ccc3ccccc3c12. The van der Waals surface area contributed by atoms with Gasteiger partial charge in [0, 0.05) is 15.8 Å². The molecule has 28 heavy (non-hydrogen) atoms. The number of primary amides is 1. The second-order valence-electron chi connectivity index (χ2n) is 6.40. The van der Waals surface area contributed by atoms with Crippen molar-refractivity contribution in [2.75, 3.05) is 11.1 Å². The Hall–Kier alpha value is -3.25. The predicted octanol–water partition coefficient (Wildman–Crippen LogP) is 4.34. The highest BCUT2D eigenvalue weighted by Crippen LogP contribution is 2.31. The van der Waals surface area contributed by atoms with E-state index in [1.165, 1.54) is 11.8 Å². The average Bonchev–Trinajstić information content (AvgIpc) is 3.10. The lowest BCUT2D eigenvalue weighted by atomic mass is 10.0. The first-order valence-electron chi connectivity index (χ1n) is 8.79. The van der Waals surface area contributed by atoms with Gasteiger partial charge >= 0.3 is 0 Å². The first-order valence-corrected chi connectivity index (χ1v) is 9.78. The van der Waals surface area contributed by atoms with Gasteiger partial charge in [0.1, 0.15) is 5.58 Å². The van der Waals surface area contributed by atoms with Crippen LogP contribution in [0.4, 0.5) is 5.69 Å². The minimum absolute atomic E-state index is 0.150. The van der Waals surface area contributed by atoms with E-state index in [1.807, 2.05) is 60.7 Å². The molecular weight excluding hydrogens is 372 g/mol. The van der Waals surface area contributed by atoms with Gasteiger partial charge in [-0.2, -0.15) is 0 Å². The van der Waals surface area contributed by atoms with Crippen LogP contribution in [0, 0.1) is 0 Å². The van der Waals surface area contributed by atoms with Crippen LogP contribution < -0.4 is 11.1 Å². The van der Waals surface area contributed by atoms with Crippen LogP contribution in [-0.4, -0.2) is 17.6 Å². The quantitative estimate of drug-likeness (QED) is 0.480. The number of anilines is 1. The second kappa shape index (κ2) is 7.78. The Bertz CT molecular complexity index is 1180. The lowest BCUT2D eigenvalue weighted by molar-refractivity contribution is -0.116. The minimum atomic E-state index is -0.400. The number of rotatable bonds is 6. The lowest BCUT2D eigenvalue weighted by Gasteiger charge is -2.10. The number of carbonyl (C=O) groups excluding carboxylic acids is 2. The molecule has 0 aliphatic heterocycles. The summed E-state index contributed by atoms with van der Waals surface area (Å²) in [6.45, 7) is 0. The molecule has 2 amide bonds. The molecule has 0 saturated heterocycles. The van der Waals surface area contributed by atoms with Crippen molar-refractivity contribution in [1.82, 2.24) is 0 Å². The van der Waals surface area contributed by atoms with Gasteiger partial charge in [0.25, 0.3) is 0 Å². The summed E-state index contributed by atoms with van der Waals surface area (Å²) in [4.78, 5) is 24.6. The highest BCUT2D eigenvalue weighted by Gasteiger charge is 2.14. The van der Waals surface area contributed by atoms with Gasteiger partial charge in [0.15, 0.2) is 0 Å². The number of benzene rings is 3. The predicted molar refractivity (Wildman–Crippen MR) is 112 cm³/mol. The Balaban J connectivity index is 1.58. The maximum Gasteiger partial charge on any atom is 0.228 e. The number of para-hydroxylation sites is 1. The number of nitrogens with one attached hydrogen (secondary N) is 1. The van der Waals surface area contributed by atoms with Crippen molar-refractivity contribution in [2.45, 2.75) is 11.3 Å². The molecule has 0 aliphatic rings. The average molecular weight is 390 g/mol. The number of thioether (sulfide) groups is 1. The normalized spacial score (nSPS) is 11.0. The molecule has 0 unspecified atom stereocenters. The van der Waals surface area contributed by atoms with E-state index in [0.29, 0.717) is 5.69 Å². The van der Waals surface area contributed by atoms with Crippen molar-refractivity contribution < 1.29 is 14.0 Å². The molecule has 0 saturated carbocycles. The highest BCUT2D eigenvalue weighted by molar-refractivity contribution is 8.00. The van der Waals surface area contributed by atoms with Crippen LogP contribution >= 0.6 is 11.8 Å². The Morgan fingerprint density at radius 3 is 2.64 bits per heavy atom. The van der Waals surface area contributed by atoms with Gasteiger partial charge in [-0.25, -0.2) is 0 Å². The summed E-state index contributed by atoms with van der Waals surface area (Å²) < 4.78 is 5.66. The molecule has 0 spiro atoms. The molecule has 0 radical (unpaired) electrons. The zero-order valence-electron chi connectivity index (χ0n) is 15.0. The number of amides is 2. The fourth-order valence-electron chi connectivity index (χ4n) is 3.22. The summed E-state index contributed by atoms with van der Waals surface area (Å²) in [5, 5.41) is 6.06. The van der Waals surface area contributed by atoms with E-state index in [9.17, 15) is 9.59 Å². The molecule has 1 aromatic heterocycles. The molecule has 0 bridgehead atoms. The van der Waals surface area contributed by atoms with Crippen LogP contribution in [0.3, 0.4) is 0 Å². The number of nitrogens with two attached hydrogens (primary N) is 1. The molecular formula is C22H18N2O3S. The van der Waals surface area contributed by atoms with E-state index in [4.69, 9.17) is 10.2 Å². The van der Waals surface area contributed by atoms with Crippen molar-refractivity contribution in [3.63, 3.8) is 0 Å². The van der Waals surface area contributed by atoms with Crippen molar-refractivity contribution in [2.24, 2.45) is 5.73 Å². The number of hydrogen-bond acceptors (Lipinski definition) is 4. The summed E-state index contributed by atoms with van der Waals surface area (Å²) in [6.07, 6.45) is 1.83. The van der Waals surface area contributed by atoms with Gasteiger partial charge in [-0.05, 0) is 29.0 Å². The fourth-order valence-corrected chi connectivity index (χ4v) is 3.96. The summed E-state index contributed by atoms with van der Waals surface area (Å²) in [6, 6.07) is 19.3. The summed E-state index contributed by atoms with van der Waals surface area (Å²) in [5.74, 6) is -0.392. The Morgan fingerprint density at radius 1 is 1.00 bits per heavy atom. The molecule has 1 heterocycles. The molecule has 140 valence electrons. The molecule has 0 aliphatic carbocycles. The van der Waals surface area contributed by atoms with Gasteiger partial charge in [0.05, 0.1) is 24.1 Å². The third kappa shape index (κ3) is 3.73. The fraction of sp³-hybridized carbons (Fsp3) is 0.0909. The van der Waals surface area contributed by atoms with E-state index in [0.717, 1.165) is 32.2 Å². The Morgan fingerprint density at radius 2 is 1.79 bits per heavy atom. The molecule has 4 rings (SSSR count). The van der Waals surface area contributed by atoms with Crippen molar-refractivity contribution in [1.29, 1.82) is 0 Å². The number of fused-ring (bicyclic) bond motifs is 3. The summed E-state index contributed by atoms with van der Waals surface area (Å²) >= 11 is 1.30. The van der Waals surface area contributed by atoms with E-state index < -0.39 is 5.91 Å².